The molecule has 41 heavy (non-hydrogen) atoms. The van der Waals surface area contributed by atoms with Crippen molar-refractivity contribution in [3.8, 4) is 5.75 Å². The molecule has 1 aliphatic carbocycles. The quantitative estimate of drug-likeness (QED) is 0.270. The van der Waals surface area contributed by atoms with Crippen molar-refractivity contribution in [1.29, 1.82) is 0 Å². The highest BCUT2D eigenvalue weighted by Gasteiger charge is 2.31. The first-order valence-corrected chi connectivity index (χ1v) is 16.9. The molecule has 1 unspecified atom stereocenters. The first kappa shape index (κ1) is 33.0. The second kappa shape index (κ2) is 15.7. The van der Waals surface area contributed by atoms with Gasteiger partial charge in [0.15, 0.2) is 0 Å². The van der Waals surface area contributed by atoms with Crippen LogP contribution in [-0.2, 0) is 26.2 Å². The Morgan fingerprint density at radius 2 is 1.73 bits per heavy atom. The third kappa shape index (κ3) is 9.79. The molecule has 1 saturated carbocycles. The van der Waals surface area contributed by atoms with Crippen molar-refractivity contribution in [3.05, 3.63) is 58.1 Å². The van der Waals surface area contributed by atoms with Gasteiger partial charge in [-0.25, -0.2) is 8.42 Å². The van der Waals surface area contributed by atoms with Crippen LogP contribution < -0.4 is 14.4 Å². The van der Waals surface area contributed by atoms with Crippen LogP contribution >= 0.6 is 23.2 Å². The van der Waals surface area contributed by atoms with Crippen molar-refractivity contribution >= 4 is 50.7 Å². The highest BCUT2D eigenvalue weighted by Crippen LogP contribution is 2.26. The summed E-state index contributed by atoms with van der Waals surface area (Å²) in [5, 5.41) is 4.05. The van der Waals surface area contributed by atoms with Gasteiger partial charge in [-0.1, -0.05) is 55.5 Å². The lowest BCUT2D eigenvalue weighted by molar-refractivity contribution is -0.141. The van der Waals surface area contributed by atoms with E-state index in [1.807, 2.05) is 13.8 Å². The van der Waals surface area contributed by atoms with Gasteiger partial charge in [-0.3, -0.25) is 13.9 Å². The van der Waals surface area contributed by atoms with Gasteiger partial charge in [0.1, 0.15) is 11.8 Å². The number of nitrogens with zero attached hydrogens (tertiary/aromatic N) is 2. The molecule has 2 aromatic carbocycles. The van der Waals surface area contributed by atoms with Crippen LogP contribution in [0, 0.1) is 0 Å². The molecule has 0 saturated heterocycles. The van der Waals surface area contributed by atoms with Crippen molar-refractivity contribution in [3.63, 3.8) is 0 Å². The molecule has 8 nitrogen and oxygen atoms in total. The molecule has 0 radical (unpaired) electrons. The Hall–Kier alpha value is -2.49. The van der Waals surface area contributed by atoms with Crippen LogP contribution in [0.3, 0.4) is 0 Å². The molecule has 1 aliphatic rings. The molecule has 0 bridgehead atoms. The van der Waals surface area contributed by atoms with Crippen LogP contribution in [0.25, 0.3) is 0 Å². The van der Waals surface area contributed by atoms with Crippen molar-refractivity contribution < 1.29 is 22.7 Å². The molecular formula is C30H41Cl2N3O5S. The predicted molar refractivity (Wildman–Crippen MR) is 165 cm³/mol. The molecule has 1 N–H and O–H groups in total. The number of carbonyl (C=O) groups excluding carboxylic acids is 2. The number of hydrogen-bond donors (Lipinski definition) is 1. The number of hydrogen-bond acceptors (Lipinski definition) is 5. The third-order valence-electron chi connectivity index (χ3n) is 7.28. The number of amides is 2. The average Bonchev–Trinajstić information content (AvgIpc) is 2.92. The summed E-state index contributed by atoms with van der Waals surface area (Å²) < 4.78 is 32.0. The zero-order chi connectivity index (χ0) is 30.0. The second-order valence-electron chi connectivity index (χ2n) is 10.4. The normalized spacial score (nSPS) is 14.8. The van der Waals surface area contributed by atoms with E-state index >= 15 is 0 Å². The van der Waals surface area contributed by atoms with Gasteiger partial charge in [-0.15, -0.1) is 0 Å². The first-order valence-electron chi connectivity index (χ1n) is 14.3. The van der Waals surface area contributed by atoms with Gasteiger partial charge >= 0.3 is 0 Å². The summed E-state index contributed by atoms with van der Waals surface area (Å²) in [5.41, 5.74) is 1.17. The monoisotopic (exact) mass is 625 g/mol. The van der Waals surface area contributed by atoms with E-state index in [4.69, 9.17) is 27.9 Å². The standard InChI is InChI=1S/C30H41Cl2N3O5S/c1-4-28(30(37)33-24-10-7-6-8-11-24)34(21-22-13-14-23(31)20-27(22)32)29(36)12-9-19-35(41(3,38)39)25-15-17-26(18-16-25)40-5-2/h13-18,20,24,28H,4-12,19,21H2,1-3H3,(H,33,37). The number of carbonyl (C=O) groups is 2. The van der Waals surface area contributed by atoms with Crippen LogP contribution in [0.1, 0.15) is 70.8 Å². The fraction of sp³-hybridized carbons (Fsp3) is 0.533. The Bertz CT molecular complexity index is 1270. The molecule has 1 atom stereocenters. The van der Waals surface area contributed by atoms with Gasteiger partial charge in [0.05, 0.1) is 18.6 Å². The molecule has 226 valence electrons. The summed E-state index contributed by atoms with van der Waals surface area (Å²) >= 11 is 12.5. The number of rotatable bonds is 14. The average molecular weight is 627 g/mol. The van der Waals surface area contributed by atoms with Gasteiger partial charge in [-0.05, 0) is 74.6 Å². The Kier molecular flexibility index (Phi) is 12.6. The molecule has 3 rings (SSSR count). The summed E-state index contributed by atoms with van der Waals surface area (Å²) in [7, 11) is -3.60. The number of halogens is 2. The summed E-state index contributed by atoms with van der Waals surface area (Å²) in [6, 6.07) is 11.3. The lowest BCUT2D eigenvalue weighted by Crippen LogP contribution is -2.51. The Balaban J connectivity index is 1.77. The van der Waals surface area contributed by atoms with Gasteiger partial charge < -0.3 is 15.0 Å². The molecule has 1 fully saturated rings. The number of sulfonamides is 1. The second-order valence-corrected chi connectivity index (χ2v) is 13.1. The summed E-state index contributed by atoms with van der Waals surface area (Å²) in [6.45, 7) is 4.51. The van der Waals surface area contributed by atoms with Crippen LogP contribution in [0.5, 0.6) is 5.75 Å². The van der Waals surface area contributed by atoms with E-state index in [0.29, 0.717) is 40.1 Å². The zero-order valence-electron chi connectivity index (χ0n) is 24.1. The summed E-state index contributed by atoms with van der Waals surface area (Å²) in [5.74, 6) is 0.222. The summed E-state index contributed by atoms with van der Waals surface area (Å²) in [4.78, 5) is 28.7. The van der Waals surface area contributed by atoms with Crippen molar-refractivity contribution in [2.24, 2.45) is 0 Å². The lowest BCUT2D eigenvalue weighted by Gasteiger charge is -2.33. The van der Waals surface area contributed by atoms with Crippen molar-refractivity contribution in [2.75, 3.05) is 23.7 Å². The van der Waals surface area contributed by atoms with E-state index in [0.717, 1.165) is 31.9 Å². The van der Waals surface area contributed by atoms with E-state index in [9.17, 15) is 18.0 Å². The Morgan fingerprint density at radius 3 is 2.32 bits per heavy atom. The third-order valence-corrected chi connectivity index (χ3v) is 9.06. The van der Waals surface area contributed by atoms with Crippen LogP contribution in [0.2, 0.25) is 10.0 Å². The number of anilines is 1. The molecule has 2 amide bonds. The minimum absolute atomic E-state index is 0.0570. The van der Waals surface area contributed by atoms with Crippen LogP contribution in [-0.4, -0.2) is 56.6 Å². The molecule has 0 aromatic heterocycles. The number of nitrogens with one attached hydrogen (secondary N) is 1. The van der Waals surface area contributed by atoms with E-state index in [-0.39, 0.29) is 43.8 Å². The van der Waals surface area contributed by atoms with Gasteiger partial charge in [0.25, 0.3) is 0 Å². The van der Waals surface area contributed by atoms with Crippen LogP contribution in [0.15, 0.2) is 42.5 Å². The topological polar surface area (TPSA) is 96.0 Å². The van der Waals surface area contributed by atoms with Crippen molar-refractivity contribution in [2.45, 2.75) is 83.8 Å². The fourth-order valence-corrected chi connectivity index (χ4v) is 6.61. The lowest BCUT2D eigenvalue weighted by atomic mass is 9.95. The minimum atomic E-state index is -3.60. The molecule has 0 aliphatic heterocycles. The van der Waals surface area contributed by atoms with Crippen LogP contribution in [0.4, 0.5) is 5.69 Å². The molecule has 0 spiro atoms. The van der Waals surface area contributed by atoms with Gasteiger partial charge in [0, 0.05) is 35.6 Å². The number of ether oxygens (including phenoxy) is 1. The molecule has 0 heterocycles. The van der Waals surface area contributed by atoms with E-state index in [2.05, 4.69) is 5.32 Å². The first-order chi connectivity index (χ1) is 19.5. The maximum absolute atomic E-state index is 13.7. The van der Waals surface area contributed by atoms with E-state index in [1.54, 1.807) is 47.4 Å². The number of benzene rings is 2. The summed E-state index contributed by atoms with van der Waals surface area (Å²) in [6.07, 6.45) is 7.10. The highest BCUT2D eigenvalue weighted by molar-refractivity contribution is 7.92. The van der Waals surface area contributed by atoms with Crippen molar-refractivity contribution in [1.82, 2.24) is 10.2 Å². The fourth-order valence-electron chi connectivity index (χ4n) is 5.18. The Labute approximate surface area is 254 Å². The maximum atomic E-state index is 13.7. The van der Waals surface area contributed by atoms with E-state index in [1.165, 1.54) is 10.7 Å². The Morgan fingerprint density at radius 1 is 1.05 bits per heavy atom. The smallest absolute Gasteiger partial charge is 0.243 e. The SMILES string of the molecule is CCOc1ccc(N(CCCC(=O)N(Cc2ccc(Cl)cc2Cl)C(CC)C(=O)NC2CCCCC2)S(C)(=O)=O)cc1. The molecule has 2 aromatic rings. The molecular weight excluding hydrogens is 585 g/mol. The minimum Gasteiger partial charge on any atom is -0.494 e. The predicted octanol–water partition coefficient (Wildman–Crippen LogP) is 6.19. The van der Waals surface area contributed by atoms with Gasteiger partial charge in [0.2, 0.25) is 21.8 Å². The highest BCUT2D eigenvalue weighted by atomic mass is 35.5. The largest absolute Gasteiger partial charge is 0.494 e. The molecule has 11 heteroatoms. The zero-order valence-corrected chi connectivity index (χ0v) is 26.4. The van der Waals surface area contributed by atoms with E-state index < -0.39 is 16.1 Å². The van der Waals surface area contributed by atoms with Gasteiger partial charge in [-0.2, -0.15) is 0 Å². The maximum Gasteiger partial charge on any atom is 0.243 e.